The van der Waals surface area contributed by atoms with Crippen molar-refractivity contribution < 1.29 is 9.66 Å². The Balaban J connectivity index is 2.19. The molecular weight excluding hydrogens is 246 g/mol. The maximum absolute atomic E-state index is 11.0. The van der Waals surface area contributed by atoms with Crippen LogP contribution >= 0.6 is 0 Å². The highest BCUT2D eigenvalue weighted by molar-refractivity contribution is 5.64. The van der Waals surface area contributed by atoms with Crippen LogP contribution < -0.4 is 5.32 Å². The fraction of sp³-hybridized carbons (Fsp3) is 0.462. The average Bonchev–Trinajstić information content (AvgIpc) is 2.67. The molecule has 0 spiro atoms. The van der Waals surface area contributed by atoms with E-state index in [1.165, 1.54) is 6.07 Å². The van der Waals surface area contributed by atoms with Crippen LogP contribution in [0.4, 0.5) is 11.4 Å². The molecule has 1 N–H and O–H groups in total. The largest absolute Gasteiger partial charge is 0.381 e. The number of hydrogen-bond acceptors (Lipinski definition) is 5. The van der Waals surface area contributed by atoms with Crippen molar-refractivity contribution in [2.75, 3.05) is 18.5 Å². The summed E-state index contributed by atoms with van der Waals surface area (Å²) >= 11 is 0. The minimum atomic E-state index is -0.462. The molecule has 1 aliphatic rings. The van der Waals surface area contributed by atoms with Crippen LogP contribution in [0.1, 0.15) is 24.8 Å². The third-order valence-corrected chi connectivity index (χ3v) is 3.14. The quantitative estimate of drug-likeness (QED) is 0.666. The number of benzene rings is 1. The SMILES string of the molecule is N#Cc1ccc(NC2CCCOCC2)c([N+](=O)[O-])c1. The zero-order valence-electron chi connectivity index (χ0n) is 10.5. The summed E-state index contributed by atoms with van der Waals surface area (Å²) in [7, 11) is 0. The Morgan fingerprint density at radius 2 is 2.26 bits per heavy atom. The van der Waals surface area contributed by atoms with Crippen molar-refractivity contribution >= 4 is 11.4 Å². The van der Waals surface area contributed by atoms with Gasteiger partial charge in [0.25, 0.3) is 5.69 Å². The van der Waals surface area contributed by atoms with Gasteiger partial charge in [0, 0.05) is 25.3 Å². The molecule has 0 saturated carbocycles. The summed E-state index contributed by atoms with van der Waals surface area (Å²) in [4.78, 5) is 10.6. The molecule has 19 heavy (non-hydrogen) atoms. The molecule has 6 nitrogen and oxygen atoms in total. The molecule has 6 heteroatoms. The first-order valence-electron chi connectivity index (χ1n) is 6.23. The number of anilines is 1. The van der Waals surface area contributed by atoms with Crippen molar-refractivity contribution in [2.45, 2.75) is 25.3 Å². The second-order valence-electron chi connectivity index (χ2n) is 4.49. The van der Waals surface area contributed by atoms with Crippen molar-refractivity contribution in [3.63, 3.8) is 0 Å². The predicted octanol–water partition coefficient (Wildman–Crippen LogP) is 2.45. The van der Waals surface area contributed by atoms with Crippen LogP contribution in [0.2, 0.25) is 0 Å². The van der Waals surface area contributed by atoms with E-state index in [4.69, 9.17) is 10.00 Å². The molecule has 1 aromatic rings. The molecule has 100 valence electrons. The van der Waals surface area contributed by atoms with Crippen molar-refractivity contribution in [1.82, 2.24) is 0 Å². The Bertz CT molecular complexity index is 502. The van der Waals surface area contributed by atoms with E-state index in [1.807, 2.05) is 6.07 Å². The lowest BCUT2D eigenvalue weighted by Crippen LogP contribution is -2.20. The average molecular weight is 261 g/mol. The second-order valence-corrected chi connectivity index (χ2v) is 4.49. The summed E-state index contributed by atoms with van der Waals surface area (Å²) in [5.41, 5.74) is 0.710. The van der Waals surface area contributed by atoms with Gasteiger partial charge in [0.2, 0.25) is 0 Å². The fourth-order valence-corrected chi connectivity index (χ4v) is 2.14. The number of nitrogens with one attached hydrogen (secondary N) is 1. The number of nitriles is 1. The van der Waals surface area contributed by atoms with Gasteiger partial charge < -0.3 is 10.1 Å². The highest BCUT2D eigenvalue weighted by atomic mass is 16.6. The van der Waals surface area contributed by atoms with Gasteiger partial charge in [0.15, 0.2) is 0 Å². The molecule has 1 aromatic carbocycles. The van der Waals surface area contributed by atoms with Crippen LogP contribution in [0.25, 0.3) is 0 Å². The van der Waals surface area contributed by atoms with Gasteiger partial charge in [-0.2, -0.15) is 5.26 Å². The number of hydrogen-bond donors (Lipinski definition) is 1. The molecule has 0 aliphatic carbocycles. The Morgan fingerprint density at radius 3 is 3.00 bits per heavy atom. The number of ether oxygens (including phenoxy) is 1. The lowest BCUT2D eigenvalue weighted by molar-refractivity contribution is -0.384. The van der Waals surface area contributed by atoms with Gasteiger partial charge in [-0.05, 0) is 31.4 Å². The van der Waals surface area contributed by atoms with E-state index < -0.39 is 4.92 Å². The van der Waals surface area contributed by atoms with Crippen molar-refractivity contribution in [2.24, 2.45) is 0 Å². The Kier molecular flexibility index (Phi) is 4.31. The second kappa shape index (κ2) is 6.16. The minimum absolute atomic E-state index is 0.0517. The number of rotatable bonds is 3. The van der Waals surface area contributed by atoms with Crippen LogP contribution in [-0.2, 0) is 4.74 Å². The number of nitro groups is 1. The first-order valence-corrected chi connectivity index (χ1v) is 6.23. The maximum atomic E-state index is 11.0. The third kappa shape index (κ3) is 3.42. The zero-order chi connectivity index (χ0) is 13.7. The lowest BCUT2D eigenvalue weighted by atomic mass is 10.1. The Hall–Kier alpha value is -2.13. The van der Waals surface area contributed by atoms with Crippen LogP contribution in [0.15, 0.2) is 18.2 Å². The van der Waals surface area contributed by atoms with Crippen LogP contribution in [-0.4, -0.2) is 24.2 Å². The summed E-state index contributed by atoms with van der Waals surface area (Å²) in [6.07, 6.45) is 2.70. The van der Waals surface area contributed by atoms with Crippen molar-refractivity contribution in [1.29, 1.82) is 5.26 Å². The number of nitro benzene ring substituents is 1. The normalized spacial score (nSPS) is 19.2. The molecule has 0 aromatic heterocycles. The smallest absolute Gasteiger partial charge is 0.293 e. The van der Waals surface area contributed by atoms with E-state index in [0.717, 1.165) is 25.9 Å². The molecule has 1 heterocycles. The molecule has 1 fully saturated rings. The predicted molar refractivity (Wildman–Crippen MR) is 69.9 cm³/mol. The van der Waals surface area contributed by atoms with Gasteiger partial charge in [0.1, 0.15) is 5.69 Å². The van der Waals surface area contributed by atoms with Crippen LogP contribution in [0, 0.1) is 21.4 Å². The van der Waals surface area contributed by atoms with Crippen molar-refractivity contribution in [3.8, 4) is 6.07 Å². The summed E-state index contributed by atoms with van der Waals surface area (Å²) in [6.45, 7) is 1.41. The maximum Gasteiger partial charge on any atom is 0.293 e. The standard InChI is InChI=1S/C13H15N3O3/c14-9-10-3-4-12(13(8-10)16(17)18)15-11-2-1-6-19-7-5-11/h3-4,8,11,15H,1-2,5-7H2. The van der Waals surface area contributed by atoms with Gasteiger partial charge in [-0.15, -0.1) is 0 Å². The van der Waals surface area contributed by atoms with E-state index in [-0.39, 0.29) is 11.7 Å². The van der Waals surface area contributed by atoms with Gasteiger partial charge in [0.05, 0.1) is 16.6 Å². The molecule has 0 radical (unpaired) electrons. The monoisotopic (exact) mass is 261 g/mol. The minimum Gasteiger partial charge on any atom is -0.381 e. The lowest BCUT2D eigenvalue weighted by Gasteiger charge is -2.17. The first kappa shape index (κ1) is 13.3. The molecule has 1 saturated heterocycles. The fourth-order valence-electron chi connectivity index (χ4n) is 2.14. The third-order valence-electron chi connectivity index (χ3n) is 3.14. The number of nitrogens with zero attached hydrogens (tertiary/aromatic N) is 2. The van der Waals surface area contributed by atoms with E-state index >= 15 is 0 Å². The summed E-state index contributed by atoms with van der Waals surface area (Å²) in [5.74, 6) is 0. The van der Waals surface area contributed by atoms with Gasteiger partial charge in [-0.3, -0.25) is 10.1 Å². The van der Waals surface area contributed by atoms with Gasteiger partial charge in [-0.1, -0.05) is 0 Å². The molecule has 2 rings (SSSR count). The van der Waals surface area contributed by atoms with E-state index in [2.05, 4.69) is 5.32 Å². The molecule has 0 amide bonds. The zero-order valence-corrected chi connectivity index (χ0v) is 10.5. The Labute approximate surface area is 111 Å². The topological polar surface area (TPSA) is 88.2 Å². The molecule has 1 atom stereocenters. The van der Waals surface area contributed by atoms with Crippen molar-refractivity contribution in [3.05, 3.63) is 33.9 Å². The van der Waals surface area contributed by atoms with E-state index in [1.54, 1.807) is 12.1 Å². The molecular formula is C13H15N3O3. The summed E-state index contributed by atoms with van der Waals surface area (Å²) in [6, 6.07) is 6.57. The first-order chi connectivity index (χ1) is 9.20. The van der Waals surface area contributed by atoms with E-state index in [0.29, 0.717) is 17.9 Å². The van der Waals surface area contributed by atoms with Crippen LogP contribution in [0.3, 0.4) is 0 Å². The Morgan fingerprint density at radius 1 is 1.42 bits per heavy atom. The summed E-state index contributed by atoms with van der Waals surface area (Å²) in [5, 5.41) is 23.0. The van der Waals surface area contributed by atoms with Gasteiger partial charge >= 0.3 is 0 Å². The van der Waals surface area contributed by atoms with E-state index in [9.17, 15) is 10.1 Å². The summed E-state index contributed by atoms with van der Waals surface area (Å²) < 4.78 is 5.36. The molecule has 1 unspecified atom stereocenters. The highest BCUT2D eigenvalue weighted by Crippen LogP contribution is 2.27. The molecule has 1 aliphatic heterocycles. The van der Waals surface area contributed by atoms with Crippen LogP contribution in [0.5, 0.6) is 0 Å². The molecule has 0 bridgehead atoms. The highest BCUT2D eigenvalue weighted by Gasteiger charge is 2.19. The van der Waals surface area contributed by atoms with Gasteiger partial charge in [-0.25, -0.2) is 0 Å².